The number of pyridine rings is 1. The molecule has 1 aromatic heterocycles. The highest BCUT2D eigenvalue weighted by Gasteiger charge is 2.13. The zero-order valence-electron chi connectivity index (χ0n) is 24.4. The number of unbranched alkanes of at least 4 members (excludes halogenated alkanes) is 1. The fraction of sp³-hybridized carbons (Fsp3) is 0.242. The van der Waals surface area contributed by atoms with Crippen LogP contribution in [0.25, 0.3) is 22.3 Å². The Morgan fingerprint density at radius 2 is 1.77 bits per heavy atom. The summed E-state index contributed by atoms with van der Waals surface area (Å²) in [4.78, 5) is 28.6. The normalized spacial score (nSPS) is 10.9. The minimum absolute atomic E-state index is 0.0877. The SMILES string of the molecule is CCCCNCC(=O)Nc1ccc(NSc2ccc(-c3cnc(N)c(-c4ccc(C=O)c(CCNC)c4)c3)c(F)c2)cc1. The van der Waals surface area contributed by atoms with Crippen LogP contribution in [0.2, 0.25) is 0 Å². The molecule has 43 heavy (non-hydrogen) atoms. The number of amides is 1. The standard InChI is InChI=1S/C33H37FN6O2S/c1-3-4-14-37-20-32(42)39-26-7-9-27(10-8-26)40-43-28-11-12-29(31(34)18-28)25-17-30(33(35)38-19-25)23-5-6-24(21-41)22(16-23)13-15-36-2/h5-12,16-19,21,36-37,40H,3-4,13-15,20H2,1-2H3,(H2,35,38)(H,39,42). The summed E-state index contributed by atoms with van der Waals surface area (Å²) >= 11 is 1.28. The van der Waals surface area contributed by atoms with Gasteiger partial charge in [-0.05, 0) is 98.5 Å². The Bertz CT molecular complexity index is 1550. The summed E-state index contributed by atoms with van der Waals surface area (Å²) in [5.74, 6) is -0.149. The number of nitrogens with two attached hydrogens (primary N) is 1. The van der Waals surface area contributed by atoms with Crippen molar-refractivity contribution in [3.63, 3.8) is 0 Å². The number of anilines is 3. The van der Waals surface area contributed by atoms with Crippen LogP contribution in [0.5, 0.6) is 0 Å². The second-order valence-corrected chi connectivity index (χ2v) is 10.9. The first-order chi connectivity index (χ1) is 20.9. The van der Waals surface area contributed by atoms with Crippen molar-refractivity contribution in [2.75, 3.05) is 42.5 Å². The van der Waals surface area contributed by atoms with E-state index in [1.807, 2.05) is 55.6 Å². The molecular weight excluding hydrogens is 563 g/mol. The maximum absolute atomic E-state index is 15.3. The van der Waals surface area contributed by atoms with E-state index in [1.54, 1.807) is 18.3 Å². The molecule has 0 atom stereocenters. The summed E-state index contributed by atoms with van der Waals surface area (Å²) in [6.07, 6.45) is 5.21. The molecule has 1 amide bonds. The number of nitrogens with zero attached hydrogens (tertiary/aromatic N) is 1. The lowest BCUT2D eigenvalue weighted by Crippen LogP contribution is -2.28. The predicted octanol–water partition coefficient (Wildman–Crippen LogP) is 6.16. The van der Waals surface area contributed by atoms with Crippen molar-refractivity contribution in [2.24, 2.45) is 0 Å². The van der Waals surface area contributed by atoms with Crippen LogP contribution in [0.4, 0.5) is 21.6 Å². The smallest absolute Gasteiger partial charge is 0.238 e. The number of halogens is 1. The van der Waals surface area contributed by atoms with Gasteiger partial charge in [0.1, 0.15) is 17.9 Å². The summed E-state index contributed by atoms with van der Waals surface area (Å²) in [7, 11) is 1.86. The van der Waals surface area contributed by atoms with E-state index in [2.05, 4.69) is 32.6 Å². The van der Waals surface area contributed by atoms with Gasteiger partial charge in [0.25, 0.3) is 0 Å². The van der Waals surface area contributed by atoms with Crippen molar-refractivity contribution in [2.45, 2.75) is 31.1 Å². The lowest BCUT2D eigenvalue weighted by atomic mass is 9.96. The first kappa shape index (κ1) is 31.7. The average molecular weight is 601 g/mol. The lowest BCUT2D eigenvalue weighted by Gasteiger charge is -2.13. The fourth-order valence-electron chi connectivity index (χ4n) is 4.46. The Morgan fingerprint density at radius 3 is 2.49 bits per heavy atom. The van der Waals surface area contributed by atoms with E-state index in [0.717, 1.165) is 49.0 Å². The molecular formula is C33H37FN6O2S. The van der Waals surface area contributed by atoms with Gasteiger partial charge in [0.05, 0.1) is 6.54 Å². The molecule has 0 aliphatic carbocycles. The molecule has 0 saturated heterocycles. The Kier molecular flexibility index (Phi) is 11.7. The molecule has 0 fully saturated rings. The van der Waals surface area contributed by atoms with E-state index in [0.29, 0.717) is 45.1 Å². The minimum atomic E-state index is -0.388. The van der Waals surface area contributed by atoms with Gasteiger partial charge in [-0.15, -0.1) is 0 Å². The number of nitrogen functional groups attached to an aromatic ring is 1. The van der Waals surface area contributed by atoms with Gasteiger partial charge in [-0.3, -0.25) is 9.59 Å². The third-order valence-electron chi connectivity index (χ3n) is 6.84. The Hall–Kier alpha value is -4.25. The Morgan fingerprint density at radius 1 is 0.977 bits per heavy atom. The highest BCUT2D eigenvalue weighted by atomic mass is 32.2. The molecule has 0 spiro atoms. The van der Waals surface area contributed by atoms with Crippen molar-refractivity contribution < 1.29 is 14.0 Å². The Labute approximate surface area is 256 Å². The van der Waals surface area contributed by atoms with Crippen LogP contribution in [-0.4, -0.2) is 43.9 Å². The molecule has 6 N–H and O–H groups in total. The van der Waals surface area contributed by atoms with Crippen LogP contribution < -0.4 is 26.4 Å². The van der Waals surface area contributed by atoms with Crippen LogP contribution >= 0.6 is 11.9 Å². The third-order valence-corrected chi connectivity index (χ3v) is 7.67. The largest absolute Gasteiger partial charge is 0.383 e. The first-order valence-corrected chi connectivity index (χ1v) is 15.1. The van der Waals surface area contributed by atoms with E-state index >= 15 is 4.39 Å². The predicted molar refractivity (Wildman–Crippen MR) is 175 cm³/mol. The summed E-state index contributed by atoms with van der Waals surface area (Å²) < 4.78 is 18.5. The molecule has 0 unspecified atom stereocenters. The van der Waals surface area contributed by atoms with Gasteiger partial charge in [-0.25, -0.2) is 9.37 Å². The zero-order chi connectivity index (χ0) is 30.6. The highest BCUT2D eigenvalue weighted by Crippen LogP contribution is 2.33. The number of benzene rings is 3. The molecule has 0 radical (unpaired) electrons. The number of carbonyl (C=O) groups is 2. The molecule has 0 aliphatic rings. The monoisotopic (exact) mass is 600 g/mol. The molecule has 0 aliphatic heterocycles. The van der Waals surface area contributed by atoms with Crippen LogP contribution in [0.3, 0.4) is 0 Å². The molecule has 4 rings (SSSR count). The Balaban J connectivity index is 1.41. The van der Waals surface area contributed by atoms with E-state index in [9.17, 15) is 9.59 Å². The second-order valence-electron chi connectivity index (χ2n) is 10.0. The van der Waals surface area contributed by atoms with Crippen molar-refractivity contribution in [3.05, 3.63) is 89.9 Å². The fourth-order valence-corrected chi connectivity index (χ4v) is 5.13. The van der Waals surface area contributed by atoms with Gasteiger partial charge in [-0.2, -0.15) is 0 Å². The van der Waals surface area contributed by atoms with Crippen molar-refractivity contribution >= 4 is 41.3 Å². The number of likely N-dealkylation sites (N-methyl/N-ethyl adjacent to an activating group) is 1. The van der Waals surface area contributed by atoms with Crippen LogP contribution in [-0.2, 0) is 11.2 Å². The maximum Gasteiger partial charge on any atom is 0.238 e. The van der Waals surface area contributed by atoms with Gasteiger partial charge in [-0.1, -0.05) is 37.6 Å². The van der Waals surface area contributed by atoms with Crippen molar-refractivity contribution in [3.8, 4) is 22.3 Å². The van der Waals surface area contributed by atoms with Gasteiger partial charge in [0.15, 0.2) is 0 Å². The molecule has 1 heterocycles. The van der Waals surface area contributed by atoms with E-state index in [4.69, 9.17) is 5.73 Å². The molecule has 0 saturated carbocycles. The quantitative estimate of drug-likeness (QED) is 0.0625. The molecule has 224 valence electrons. The number of aromatic nitrogens is 1. The van der Waals surface area contributed by atoms with Gasteiger partial charge in [0.2, 0.25) is 5.91 Å². The topological polar surface area (TPSA) is 121 Å². The van der Waals surface area contributed by atoms with Crippen LogP contribution in [0, 0.1) is 5.82 Å². The summed E-state index contributed by atoms with van der Waals surface area (Å²) in [5.41, 5.74) is 11.8. The average Bonchev–Trinajstić information content (AvgIpc) is 3.02. The van der Waals surface area contributed by atoms with Crippen LogP contribution in [0.15, 0.2) is 77.8 Å². The van der Waals surface area contributed by atoms with Gasteiger partial charge in [0, 0.05) is 44.7 Å². The molecule has 3 aromatic carbocycles. The number of hydrogen-bond donors (Lipinski definition) is 5. The highest BCUT2D eigenvalue weighted by molar-refractivity contribution is 8.00. The summed E-state index contributed by atoms with van der Waals surface area (Å²) in [6.45, 7) is 3.93. The van der Waals surface area contributed by atoms with Crippen molar-refractivity contribution in [1.29, 1.82) is 0 Å². The first-order valence-electron chi connectivity index (χ1n) is 14.2. The number of aldehydes is 1. The van der Waals surface area contributed by atoms with E-state index in [-0.39, 0.29) is 18.3 Å². The molecule has 10 heteroatoms. The minimum Gasteiger partial charge on any atom is -0.383 e. The maximum atomic E-state index is 15.3. The third kappa shape index (κ3) is 8.87. The second kappa shape index (κ2) is 15.8. The van der Waals surface area contributed by atoms with Gasteiger partial charge < -0.3 is 26.4 Å². The van der Waals surface area contributed by atoms with E-state index < -0.39 is 0 Å². The van der Waals surface area contributed by atoms with Crippen LogP contribution in [0.1, 0.15) is 35.7 Å². The lowest BCUT2D eigenvalue weighted by molar-refractivity contribution is -0.115. The van der Waals surface area contributed by atoms with Gasteiger partial charge >= 0.3 is 0 Å². The van der Waals surface area contributed by atoms with E-state index in [1.165, 1.54) is 18.0 Å². The summed E-state index contributed by atoms with van der Waals surface area (Å²) in [6, 6.07) is 19.7. The number of rotatable bonds is 15. The molecule has 0 bridgehead atoms. The molecule has 4 aromatic rings. The summed E-state index contributed by atoms with van der Waals surface area (Å²) in [5, 5.41) is 9.09. The number of carbonyl (C=O) groups excluding carboxylic acids is 2. The number of nitrogens with one attached hydrogen (secondary N) is 4. The molecule has 8 nitrogen and oxygen atoms in total. The van der Waals surface area contributed by atoms with Crippen molar-refractivity contribution in [1.82, 2.24) is 15.6 Å². The number of hydrogen-bond acceptors (Lipinski definition) is 8. The zero-order valence-corrected chi connectivity index (χ0v) is 25.2.